The average Bonchev–Trinajstić information content (AvgIpc) is 3.30. The van der Waals surface area contributed by atoms with Gasteiger partial charge in [0.15, 0.2) is 0 Å². The number of hydrogen-bond donors (Lipinski definition) is 1. The number of ether oxygens (including phenoxy) is 1. The van der Waals surface area contributed by atoms with Gasteiger partial charge in [-0.05, 0) is 44.1 Å². The first-order chi connectivity index (χ1) is 10.2. The lowest BCUT2D eigenvalue weighted by Gasteiger charge is -2.42. The van der Waals surface area contributed by atoms with Crippen LogP contribution in [0.4, 0.5) is 0 Å². The predicted octanol–water partition coefficient (Wildman–Crippen LogP) is 4.47. The summed E-state index contributed by atoms with van der Waals surface area (Å²) in [6.07, 6.45) is 7.93. The topological polar surface area (TPSA) is 21.3 Å². The summed E-state index contributed by atoms with van der Waals surface area (Å²) < 4.78 is 6.65. The molecule has 1 N–H and O–H groups in total. The maximum absolute atomic E-state index is 6.65. The first-order valence-corrected chi connectivity index (χ1v) is 8.63. The van der Waals surface area contributed by atoms with E-state index in [1.165, 1.54) is 44.1 Å². The SMILES string of the molecule is CC1CCCC(CNC2CC2)(OC(C)c2ccccc2)C1. The average molecular weight is 287 g/mol. The lowest BCUT2D eigenvalue weighted by atomic mass is 9.78. The summed E-state index contributed by atoms with van der Waals surface area (Å²) in [5.41, 5.74) is 1.33. The normalized spacial score (nSPS) is 31.0. The Kier molecular flexibility index (Phi) is 4.66. The van der Waals surface area contributed by atoms with Gasteiger partial charge in [-0.15, -0.1) is 0 Å². The molecule has 2 aliphatic carbocycles. The van der Waals surface area contributed by atoms with Gasteiger partial charge >= 0.3 is 0 Å². The molecule has 2 fully saturated rings. The molecule has 0 bridgehead atoms. The standard InChI is InChI=1S/C19H29NO/c1-15-7-6-12-19(13-15,14-20-18-10-11-18)21-16(2)17-8-4-3-5-9-17/h3-5,8-9,15-16,18,20H,6-7,10-14H2,1-2H3. The number of nitrogens with one attached hydrogen (secondary N) is 1. The van der Waals surface area contributed by atoms with E-state index >= 15 is 0 Å². The third-order valence-corrected chi connectivity index (χ3v) is 5.04. The zero-order valence-electron chi connectivity index (χ0n) is 13.5. The minimum Gasteiger partial charge on any atom is -0.366 e. The second-order valence-electron chi connectivity index (χ2n) is 7.21. The molecule has 0 radical (unpaired) electrons. The molecular formula is C19H29NO. The van der Waals surface area contributed by atoms with Crippen molar-refractivity contribution < 1.29 is 4.74 Å². The van der Waals surface area contributed by atoms with Crippen LogP contribution in [0.2, 0.25) is 0 Å². The molecule has 21 heavy (non-hydrogen) atoms. The molecule has 3 atom stereocenters. The molecule has 0 aromatic heterocycles. The fourth-order valence-electron chi connectivity index (χ4n) is 3.71. The zero-order valence-corrected chi connectivity index (χ0v) is 13.5. The highest BCUT2D eigenvalue weighted by Crippen LogP contribution is 2.38. The first-order valence-electron chi connectivity index (χ1n) is 8.63. The lowest BCUT2D eigenvalue weighted by Crippen LogP contribution is -2.47. The van der Waals surface area contributed by atoms with E-state index in [1.54, 1.807) is 0 Å². The van der Waals surface area contributed by atoms with Crippen molar-refractivity contribution in [3.63, 3.8) is 0 Å². The van der Waals surface area contributed by atoms with Gasteiger partial charge in [-0.25, -0.2) is 0 Å². The highest BCUT2D eigenvalue weighted by atomic mass is 16.5. The van der Waals surface area contributed by atoms with Crippen LogP contribution in [0.1, 0.15) is 64.0 Å². The van der Waals surface area contributed by atoms with E-state index in [9.17, 15) is 0 Å². The van der Waals surface area contributed by atoms with Crippen LogP contribution >= 0.6 is 0 Å². The maximum Gasteiger partial charge on any atom is 0.0817 e. The van der Waals surface area contributed by atoms with Gasteiger partial charge in [0.2, 0.25) is 0 Å². The zero-order chi connectivity index (χ0) is 14.7. The third-order valence-electron chi connectivity index (χ3n) is 5.04. The molecule has 1 aromatic carbocycles. The number of rotatable bonds is 6. The Balaban J connectivity index is 1.68. The Morgan fingerprint density at radius 1 is 1.24 bits per heavy atom. The van der Waals surface area contributed by atoms with Crippen molar-refractivity contribution in [2.75, 3.05) is 6.54 Å². The molecule has 0 saturated heterocycles. The van der Waals surface area contributed by atoms with Crippen molar-refractivity contribution in [1.29, 1.82) is 0 Å². The van der Waals surface area contributed by atoms with Crippen molar-refractivity contribution in [1.82, 2.24) is 5.32 Å². The van der Waals surface area contributed by atoms with Crippen molar-refractivity contribution in [3.05, 3.63) is 35.9 Å². The minimum atomic E-state index is 0.0372. The Bertz CT molecular complexity index is 442. The molecule has 2 heteroatoms. The van der Waals surface area contributed by atoms with Crippen LogP contribution in [-0.4, -0.2) is 18.2 Å². The van der Waals surface area contributed by atoms with E-state index in [0.717, 1.165) is 18.5 Å². The van der Waals surface area contributed by atoms with Crippen LogP contribution in [0.15, 0.2) is 30.3 Å². The molecule has 3 unspecified atom stereocenters. The fourth-order valence-corrected chi connectivity index (χ4v) is 3.71. The van der Waals surface area contributed by atoms with E-state index in [-0.39, 0.29) is 11.7 Å². The summed E-state index contributed by atoms with van der Waals surface area (Å²) in [4.78, 5) is 0. The summed E-state index contributed by atoms with van der Waals surface area (Å²) in [5.74, 6) is 0.780. The van der Waals surface area contributed by atoms with Gasteiger partial charge in [-0.2, -0.15) is 0 Å². The fraction of sp³-hybridized carbons (Fsp3) is 0.684. The second-order valence-corrected chi connectivity index (χ2v) is 7.21. The summed E-state index contributed by atoms with van der Waals surface area (Å²) in [7, 11) is 0. The van der Waals surface area contributed by atoms with E-state index in [0.29, 0.717) is 0 Å². The van der Waals surface area contributed by atoms with Crippen LogP contribution in [0, 0.1) is 5.92 Å². The smallest absolute Gasteiger partial charge is 0.0817 e. The first kappa shape index (κ1) is 15.1. The Hall–Kier alpha value is -0.860. The monoisotopic (exact) mass is 287 g/mol. The van der Waals surface area contributed by atoms with Gasteiger partial charge in [0, 0.05) is 12.6 Å². The van der Waals surface area contributed by atoms with E-state index < -0.39 is 0 Å². The molecule has 2 nitrogen and oxygen atoms in total. The summed E-state index contributed by atoms with van der Waals surface area (Å²) in [6, 6.07) is 11.4. The molecule has 0 aliphatic heterocycles. The van der Waals surface area contributed by atoms with Gasteiger partial charge in [-0.1, -0.05) is 50.1 Å². The van der Waals surface area contributed by atoms with Crippen molar-refractivity contribution in [2.45, 2.75) is 70.1 Å². The minimum absolute atomic E-state index is 0.0372. The molecule has 0 heterocycles. The molecule has 0 spiro atoms. The van der Waals surface area contributed by atoms with Gasteiger partial charge in [0.1, 0.15) is 0 Å². The molecule has 116 valence electrons. The Morgan fingerprint density at radius 2 is 2.00 bits per heavy atom. The summed E-state index contributed by atoms with van der Waals surface area (Å²) in [6.45, 7) is 5.61. The third kappa shape index (κ3) is 4.08. The molecule has 0 amide bonds. The lowest BCUT2D eigenvalue weighted by molar-refractivity contribution is -0.116. The summed E-state index contributed by atoms with van der Waals surface area (Å²) in [5, 5.41) is 3.72. The highest BCUT2D eigenvalue weighted by Gasteiger charge is 2.38. The second kappa shape index (κ2) is 6.50. The van der Waals surface area contributed by atoms with E-state index in [2.05, 4.69) is 49.5 Å². The van der Waals surface area contributed by atoms with Crippen LogP contribution in [0.5, 0.6) is 0 Å². The van der Waals surface area contributed by atoms with Crippen LogP contribution < -0.4 is 5.32 Å². The molecule has 2 saturated carbocycles. The summed E-state index contributed by atoms with van der Waals surface area (Å²) >= 11 is 0. The Labute approximate surface area is 129 Å². The number of hydrogen-bond acceptors (Lipinski definition) is 2. The predicted molar refractivity (Wildman–Crippen MR) is 87.3 cm³/mol. The molecular weight excluding hydrogens is 258 g/mol. The van der Waals surface area contributed by atoms with Gasteiger partial charge in [0.05, 0.1) is 11.7 Å². The highest BCUT2D eigenvalue weighted by molar-refractivity contribution is 5.17. The molecule has 2 aliphatic rings. The Morgan fingerprint density at radius 3 is 2.67 bits per heavy atom. The van der Waals surface area contributed by atoms with Crippen LogP contribution in [0.3, 0.4) is 0 Å². The van der Waals surface area contributed by atoms with Gasteiger partial charge in [0.25, 0.3) is 0 Å². The maximum atomic E-state index is 6.65. The van der Waals surface area contributed by atoms with E-state index in [4.69, 9.17) is 4.74 Å². The number of benzene rings is 1. The van der Waals surface area contributed by atoms with Crippen molar-refractivity contribution >= 4 is 0 Å². The van der Waals surface area contributed by atoms with Crippen LogP contribution in [-0.2, 0) is 4.74 Å². The van der Waals surface area contributed by atoms with E-state index in [1.807, 2.05) is 0 Å². The van der Waals surface area contributed by atoms with Crippen molar-refractivity contribution in [3.8, 4) is 0 Å². The molecule has 3 rings (SSSR count). The van der Waals surface area contributed by atoms with Crippen molar-refractivity contribution in [2.24, 2.45) is 5.92 Å². The molecule has 1 aromatic rings. The van der Waals surface area contributed by atoms with Crippen LogP contribution in [0.25, 0.3) is 0 Å². The quantitative estimate of drug-likeness (QED) is 0.833. The van der Waals surface area contributed by atoms with Gasteiger partial charge < -0.3 is 10.1 Å². The van der Waals surface area contributed by atoms with Gasteiger partial charge in [-0.3, -0.25) is 0 Å². The largest absolute Gasteiger partial charge is 0.366 e.